The molecule has 0 aliphatic carbocycles. The van der Waals surface area contributed by atoms with Crippen LogP contribution in [0.3, 0.4) is 0 Å². The second kappa shape index (κ2) is 40.6. The largest absolute Gasteiger partial charge is 0.472 e. The van der Waals surface area contributed by atoms with E-state index in [1.165, 1.54) is 83.5 Å². The van der Waals surface area contributed by atoms with Crippen LogP contribution in [0.25, 0.3) is 0 Å². The fraction of sp³-hybridized carbons (Fsp3) is 0.773. The van der Waals surface area contributed by atoms with Crippen molar-refractivity contribution in [1.29, 1.82) is 0 Å². The summed E-state index contributed by atoms with van der Waals surface area (Å²) in [7, 11) is -4.38. The Labute approximate surface area is 330 Å². The molecule has 10 heteroatoms. The molecule has 0 aromatic carbocycles. The van der Waals surface area contributed by atoms with Crippen LogP contribution in [0, 0.1) is 0 Å². The number of esters is 2. The van der Waals surface area contributed by atoms with Crippen molar-refractivity contribution in [2.75, 3.05) is 26.4 Å². The lowest BCUT2D eigenvalue weighted by Crippen LogP contribution is -2.29. The summed E-state index contributed by atoms with van der Waals surface area (Å²) < 4.78 is 32.7. The van der Waals surface area contributed by atoms with Crippen molar-refractivity contribution in [3.63, 3.8) is 0 Å². The van der Waals surface area contributed by atoms with Gasteiger partial charge in [0.15, 0.2) is 6.10 Å². The minimum absolute atomic E-state index is 0.0483. The first-order valence-electron chi connectivity index (χ1n) is 21.6. The summed E-state index contributed by atoms with van der Waals surface area (Å²) in [5.41, 5.74) is 5.34. The average molecular weight is 782 g/mol. The maximum atomic E-state index is 12.6. The van der Waals surface area contributed by atoms with E-state index >= 15 is 0 Å². The summed E-state index contributed by atoms with van der Waals surface area (Å²) in [6.45, 7) is 3.63. The molecule has 0 bridgehead atoms. The Balaban J connectivity index is 4.20. The van der Waals surface area contributed by atoms with Gasteiger partial charge in [-0.05, 0) is 51.4 Å². The maximum Gasteiger partial charge on any atom is 0.472 e. The van der Waals surface area contributed by atoms with Crippen LogP contribution in [-0.4, -0.2) is 49.3 Å². The van der Waals surface area contributed by atoms with Crippen LogP contribution >= 0.6 is 7.82 Å². The zero-order chi connectivity index (χ0) is 39.6. The number of rotatable bonds is 40. The van der Waals surface area contributed by atoms with E-state index in [-0.39, 0.29) is 32.6 Å². The van der Waals surface area contributed by atoms with Crippen molar-refractivity contribution >= 4 is 19.8 Å². The van der Waals surface area contributed by atoms with Crippen molar-refractivity contribution in [2.24, 2.45) is 5.73 Å². The number of nitrogens with two attached hydrogens (primary N) is 1. The van der Waals surface area contributed by atoms with Crippen LogP contribution in [0.15, 0.2) is 48.6 Å². The Morgan fingerprint density at radius 3 is 1.50 bits per heavy atom. The van der Waals surface area contributed by atoms with Crippen LogP contribution in [0.5, 0.6) is 0 Å². The molecule has 0 rings (SSSR count). The molecule has 2 atom stereocenters. The van der Waals surface area contributed by atoms with Gasteiger partial charge in [-0.2, -0.15) is 0 Å². The Bertz CT molecular complexity index is 1030. The summed E-state index contributed by atoms with van der Waals surface area (Å²) in [4.78, 5) is 34.9. The Kier molecular flexibility index (Phi) is 39.1. The third kappa shape index (κ3) is 39.7. The monoisotopic (exact) mass is 782 g/mol. The van der Waals surface area contributed by atoms with Crippen molar-refractivity contribution in [2.45, 2.75) is 193 Å². The van der Waals surface area contributed by atoms with Gasteiger partial charge in [-0.25, -0.2) is 4.57 Å². The summed E-state index contributed by atoms with van der Waals surface area (Å²) in [6, 6.07) is 0. The highest BCUT2D eigenvalue weighted by atomic mass is 31.2. The first-order valence-corrected chi connectivity index (χ1v) is 23.1. The summed E-state index contributed by atoms with van der Waals surface area (Å²) in [5, 5.41) is 0. The van der Waals surface area contributed by atoms with E-state index in [0.717, 1.165) is 64.2 Å². The van der Waals surface area contributed by atoms with Crippen LogP contribution in [0.4, 0.5) is 0 Å². The molecule has 0 aliphatic heterocycles. The lowest BCUT2D eigenvalue weighted by molar-refractivity contribution is -0.161. The third-order valence-corrected chi connectivity index (χ3v) is 9.93. The lowest BCUT2D eigenvalue weighted by Gasteiger charge is -2.19. The molecule has 0 fully saturated rings. The van der Waals surface area contributed by atoms with Crippen LogP contribution in [0.2, 0.25) is 0 Å². The number of carbonyl (C=O) groups is 2. The van der Waals surface area contributed by atoms with Gasteiger partial charge < -0.3 is 20.1 Å². The van der Waals surface area contributed by atoms with Crippen molar-refractivity contribution < 1.29 is 37.6 Å². The van der Waals surface area contributed by atoms with E-state index in [9.17, 15) is 19.0 Å². The van der Waals surface area contributed by atoms with E-state index in [0.29, 0.717) is 12.8 Å². The molecule has 54 heavy (non-hydrogen) atoms. The number of allylic oxidation sites excluding steroid dienone is 8. The highest BCUT2D eigenvalue weighted by molar-refractivity contribution is 7.47. The van der Waals surface area contributed by atoms with E-state index in [1.807, 2.05) is 0 Å². The zero-order valence-corrected chi connectivity index (χ0v) is 35.3. The quantitative estimate of drug-likeness (QED) is 0.0269. The van der Waals surface area contributed by atoms with Gasteiger partial charge in [0.25, 0.3) is 0 Å². The van der Waals surface area contributed by atoms with E-state index < -0.39 is 32.5 Å². The maximum absolute atomic E-state index is 12.6. The van der Waals surface area contributed by atoms with E-state index in [4.69, 9.17) is 24.3 Å². The van der Waals surface area contributed by atoms with Crippen molar-refractivity contribution in [3.8, 4) is 0 Å². The molecule has 3 N–H and O–H groups in total. The van der Waals surface area contributed by atoms with Gasteiger partial charge in [-0.1, -0.05) is 172 Å². The fourth-order valence-corrected chi connectivity index (χ4v) is 6.51. The number of carbonyl (C=O) groups excluding carboxylic acids is 2. The third-order valence-electron chi connectivity index (χ3n) is 8.95. The summed E-state index contributed by atoms with van der Waals surface area (Å²) in [6.07, 6.45) is 45.6. The molecule has 314 valence electrons. The number of phosphoric acid groups is 1. The summed E-state index contributed by atoms with van der Waals surface area (Å²) in [5.74, 6) is -0.862. The molecule has 0 aromatic rings. The van der Waals surface area contributed by atoms with Gasteiger partial charge in [0.05, 0.1) is 13.2 Å². The number of ether oxygens (including phenoxy) is 2. The molecule has 0 spiro atoms. The van der Waals surface area contributed by atoms with Crippen LogP contribution in [0.1, 0.15) is 187 Å². The predicted molar refractivity (Wildman–Crippen MR) is 224 cm³/mol. The highest BCUT2D eigenvalue weighted by Crippen LogP contribution is 2.43. The highest BCUT2D eigenvalue weighted by Gasteiger charge is 2.26. The topological polar surface area (TPSA) is 134 Å². The normalized spacial score (nSPS) is 13.8. The van der Waals surface area contributed by atoms with Crippen molar-refractivity contribution in [3.05, 3.63) is 48.6 Å². The lowest BCUT2D eigenvalue weighted by atomic mass is 10.0. The van der Waals surface area contributed by atoms with Gasteiger partial charge >= 0.3 is 19.8 Å². The second-order valence-corrected chi connectivity index (χ2v) is 15.7. The van der Waals surface area contributed by atoms with Crippen LogP contribution < -0.4 is 5.73 Å². The molecule has 0 saturated heterocycles. The minimum atomic E-state index is -4.38. The molecule has 0 radical (unpaired) electrons. The molecule has 0 aliphatic rings. The first kappa shape index (κ1) is 52.0. The van der Waals surface area contributed by atoms with Gasteiger partial charge in [0, 0.05) is 19.4 Å². The number of unbranched alkanes of at least 4 members (excludes halogenated alkanes) is 19. The number of hydrogen-bond acceptors (Lipinski definition) is 8. The molecule has 0 aromatic heterocycles. The zero-order valence-electron chi connectivity index (χ0n) is 34.4. The Morgan fingerprint density at radius 2 is 1.00 bits per heavy atom. The molecular formula is C44H80NO8P. The smallest absolute Gasteiger partial charge is 0.462 e. The number of hydrogen-bond donors (Lipinski definition) is 2. The molecule has 0 saturated carbocycles. The van der Waals surface area contributed by atoms with Crippen molar-refractivity contribution in [1.82, 2.24) is 0 Å². The van der Waals surface area contributed by atoms with Gasteiger partial charge in [0.2, 0.25) is 0 Å². The molecule has 1 unspecified atom stereocenters. The van der Waals surface area contributed by atoms with E-state index in [1.54, 1.807) is 0 Å². The minimum Gasteiger partial charge on any atom is -0.462 e. The predicted octanol–water partition coefficient (Wildman–Crippen LogP) is 12.3. The summed E-state index contributed by atoms with van der Waals surface area (Å²) >= 11 is 0. The van der Waals surface area contributed by atoms with Gasteiger partial charge in [0.1, 0.15) is 6.61 Å². The Hall–Kier alpha value is -2.03. The van der Waals surface area contributed by atoms with E-state index in [2.05, 4.69) is 62.5 Å². The first-order chi connectivity index (χ1) is 26.3. The van der Waals surface area contributed by atoms with Gasteiger partial charge in [-0.3, -0.25) is 18.6 Å². The molecular weight excluding hydrogens is 701 g/mol. The average Bonchev–Trinajstić information content (AvgIpc) is 3.16. The SMILES string of the molecule is CCC/C=C/C/C=C/C/C=C/C/C=C/CCCCCC(=O)OC[C@H](COP(=O)(O)OCCN)OC(=O)CCCCCCCCCCCCCCCCCC. The van der Waals surface area contributed by atoms with Crippen LogP contribution in [-0.2, 0) is 32.7 Å². The standard InChI is InChI=1S/C44H80NO8P/c1-3-5-7-9-11-13-15-17-19-21-23-24-26-28-30-32-34-36-43(46)50-40-42(41-52-54(48,49)51-39-38-45)53-44(47)37-35-33-31-29-27-25-22-20-18-16-14-12-10-8-6-4-2/h7,9,13,15,19,21,24,26,42H,3-6,8,10-12,14,16-18,20,22-23,25,27-41,45H2,1-2H3,(H,48,49)/b9-7+,15-13+,21-19+,26-24+/t42-/m1/s1. The Morgan fingerprint density at radius 1 is 0.556 bits per heavy atom. The number of phosphoric ester groups is 1. The van der Waals surface area contributed by atoms with Gasteiger partial charge in [-0.15, -0.1) is 0 Å². The fourth-order valence-electron chi connectivity index (χ4n) is 5.74. The molecule has 0 heterocycles. The molecule has 0 amide bonds. The molecule has 9 nitrogen and oxygen atoms in total. The second-order valence-electron chi connectivity index (χ2n) is 14.2.